The van der Waals surface area contributed by atoms with Crippen molar-refractivity contribution in [2.24, 2.45) is 5.92 Å². The fourth-order valence-corrected chi connectivity index (χ4v) is 2.21. The van der Waals surface area contributed by atoms with E-state index in [0.717, 1.165) is 38.3 Å². The van der Waals surface area contributed by atoms with Gasteiger partial charge in [-0.2, -0.15) is 0 Å². The van der Waals surface area contributed by atoms with Crippen LogP contribution in [0.15, 0.2) is 24.3 Å². The summed E-state index contributed by atoms with van der Waals surface area (Å²) in [6.45, 7) is 7.39. The minimum atomic E-state index is 0.410. The van der Waals surface area contributed by atoms with Crippen molar-refractivity contribution in [2.75, 3.05) is 26.2 Å². The molecule has 3 nitrogen and oxygen atoms in total. The van der Waals surface area contributed by atoms with E-state index in [-0.39, 0.29) is 0 Å². The lowest BCUT2D eigenvalue weighted by Gasteiger charge is -2.22. The maximum absolute atomic E-state index is 9.74. The van der Waals surface area contributed by atoms with E-state index in [9.17, 15) is 5.11 Å². The van der Waals surface area contributed by atoms with Crippen molar-refractivity contribution in [3.05, 3.63) is 29.8 Å². The Morgan fingerprint density at radius 2 is 2.25 bits per heavy atom. The lowest BCUT2D eigenvalue weighted by molar-refractivity contribution is 0.253. The number of hydrogen-bond donors (Lipinski definition) is 2. The summed E-state index contributed by atoms with van der Waals surface area (Å²) in [7, 11) is 0. The number of hydrogen-bond acceptors (Lipinski definition) is 3. The molecular weight excluding hydrogens is 200 g/mol. The summed E-state index contributed by atoms with van der Waals surface area (Å²) in [5.41, 5.74) is 1.02. The van der Waals surface area contributed by atoms with Gasteiger partial charge < -0.3 is 10.4 Å². The van der Waals surface area contributed by atoms with Gasteiger partial charge in [0.05, 0.1) is 0 Å². The average molecular weight is 220 g/mol. The fourth-order valence-electron chi connectivity index (χ4n) is 2.21. The molecular formula is C13H20N2O. The zero-order chi connectivity index (χ0) is 11.4. The van der Waals surface area contributed by atoms with Crippen LogP contribution in [0.2, 0.25) is 0 Å². The second kappa shape index (κ2) is 5.32. The van der Waals surface area contributed by atoms with Gasteiger partial charge in [0.2, 0.25) is 0 Å². The van der Waals surface area contributed by atoms with E-state index in [1.165, 1.54) is 0 Å². The first kappa shape index (κ1) is 11.4. The molecule has 1 unspecified atom stereocenters. The monoisotopic (exact) mass is 220 g/mol. The quantitative estimate of drug-likeness (QED) is 0.791. The van der Waals surface area contributed by atoms with Crippen molar-refractivity contribution in [2.45, 2.75) is 13.5 Å². The van der Waals surface area contributed by atoms with Crippen LogP contribution in [0.1, 0.15) is 12.5 Å². The van der Waals surface area contributed by atoms with Gasteiger partial charge in [-0.25, -0.2) is 0 Å². The molecule has 1 aliphatic rings. The molecule has 0 aliphatic carbocycles. The van der Waals surface area contributed by atoms with Gasteiger partial charge in [-0.05, 0) is 18.5 Å². The summed E-state index contributed by atoms with van der Waals surface area (Å²) < 4.78 is 0. The van der Waals surface area contributed by atoms with Crippen LogP contribution >= 0.6 is 0 Å². The predicted octanol–water partition coefficient (Wildman–Crippen LogP) is 1.43. The van der Waals surface area contributed by atoms with Crippen LogP contribution in [0.25, 0.3) is 0 Å². The molecule has 1 aliphatic heterocycles. The van der Waals surface area contributed by atoms with E-state index in [4.69, 9.17) is 0 Å². The maximum Gasteiger partial charge on any atom is 0.120 e. The number of phenols is 1. The summed E-state index contributed by atoms with van der Waals surface area (Å²) >= 11 is 0. The van der Waals surface area contributed by atoms with Crippen LogP contribution in [0.3, 0.4) is 0 Å². The van der Waals surface area contributed by atoms with Crippen molar-refractivity contribution in [3.8, 4) is 5.75 Å². The van der Waals surface area contributed by atoms with E-state index in [0.29, 0.717) is 11.7 Å². The van der Waals surface area contributed by atoms with Gasteiger partial charge >= 0.3 is 0 Å². The van der Waals surface area contributed by atoms with E-state index in [2.05, 4.69) is 17.1 Å². The van der Waals surface area contributed by atoms with Crippen LogP contribution in [0.5, 0.6) is 5.75 Å². The smallest absolute Gasteiger partial charge is 0.120 e. The molecule has 1 fully saturated rings. The van der Waals surface area contributed by atoms with Crippen molar-refractivity contribution < 1.29 is 5.11 Å². The molecule has 0 bridgehead atoms. The maximum atomic E-state index is 9.74. The van der Waals surface area contributed by atoms with Crippen LogP contribution in [-0.2, 0) is 6.54 Å². The number of para-hydroxylation sites is 1. The molecule has 1 atom stereocenters. The highest BCUT2D eigenvalue weighted by molar-refractivity contribution is 5.31. The minimum absolute atomic E-state index is 0.410. The van der Waals surface area contributed by atoms with Crippen LogP contribution < -0.4 is 5.32 Å². The predicted molar refractivity (Wildman–Crippen MR) is 65.4 cm³/mol. The molecule has 0 amide bonds. The molecule has 1 aromatic carbocycles. The van der Waals surface area contributed by atoms with Crippen molar-refractivity contribution >= 4 is 0 Å². The highest BCUT2D eigenvalue weighted by Crippen LogP contribution is 2.18. The SMILES string of the molecule is CC1CNCCN(Cc2ccccc2O)C1. The first-order chi connectivity index (χ1) is 7.75. The third-order valence-corrected chi connectivity index (χ3v) is 3.05. The van der Waals surface area contributed by atoms with Crippen molar-refractivity contribution in [1.29, 1.82) is 0 Å². The first-order valence-electron chi connectivity index (χ1n) is 5.95. The zero-order valence-corrected chi connectivity index (χ0v) is 9.82. The van der Waals surface area contributed by atoms with Gasteiger partial charge in [-0.15, -0.1) is 0 Å². The number of nitrogens with zero attached hydrogens (tertiary/aromatic N) is 1. The third kappa shape index (κ3) is 2.97. The van der Waals surface area contributed by atoms with E-state index in [1.54, 1.807) is 6.07 Å². The van der Waals surface area contributed by atoms with E-state index < -0.39 is 0 Å². The van der Waals surface area contributed by atoms with Crippen LogP contribution in [0, 0.1) is 5.92 Å². The minimum Gasteiger partial charge on any atom is -0.508 e. The molecule has 0 radical (unpaired) electrons. The third-order valence-electron chi connectivity index (χ3n) is 3.05. The molecule has 2 N–H and O–H groups in total. The second-order valence-corrected chi connectivity index (χ2v) is 4.67. The summed E-state index contributed by atoms with van der Waals surface area (Å²) in [6.07, 6.45) is 0. The van der Waals surface area contributed by atoms with E-state index in [1.807, 2.05) is 18.2 Å². The lowest BCUT2D eigenvalue weighted by atomic mass is 10.1. The van der Waals surface area contributed by atoms with Gasteiger partial charge in [0.15, 0.2) is 0 Å². The Morgan fingerprint density at radius 3 is 3.06 bits per heavy atom. The van der Waals surface area contributed by atoms with Gasteiger partial charge in [0, 0.05) is 31.7 Å². The first-order valence-corrected chi connectivity index (χ1v) is 5.95. The summed E-state index contributed by atoms with van der Waals surface area (Å²) in [4.78, 5) is 2.40. The molecule has 0 aromatic heterocycles. The molecule has 88 valence electrons. The highest BCUT2D eigenvalue weighted by Gasteiger charge is 2.15. The Labute approximate surface area is 97.1 Å². The molecule has 0 saturated carbocycles. The van der Waals surface area contributed by atoms with Gasteiger partial charge in [-0.1, -0.05) is 25.1 Å². The molecule has 3 heteroatoms. The number of rotatable bonds is 2. The highest BCUT2D eigenvalue weighted by atomic mass is 16.3. The number of phenolic OH excluding ortho intramolecular Hbond substituents is 1. The van der Waals surface area contributed by atoms with Crippen LogP contribution in [0.4, 0.5) is 0 Å². The number of benzene rings is 1. The molecule has 1 saturated heterocycles. The standard InChI is InChI=1S/C13H20N2O/c1-11-8-14-6-7-15(9-11)10-12-4-2-3-5-13(12)16/h2-5,11,14,16H,6-10H2,1H3. The summed E-state index contributed by atoms with van der Waals surface area (Å²) in [5, 5.41) is 13.2. The molecule has 1 aromatic rings. The Balaban J connectivity index is 2.00. The second-order valence-electron chi connectivity index (χ2n) is 4.67. The largest absolute Gasteiger partial charge is 0.508 e. The lowest BCUT2D eigenvalue weighted by Crippen LogP contribution is -2.28. The Morgan fingerprint density at radius 1 is 1.44 bits per heavy atom. The average Bonchev–Trinajstić information content (AvgIpc) is 2.46. The van der Waals surface area contributed by atoms with Crippen molar-refractivity contribution in [1.82, 2.24) is 10.2 Å². The topological polar surface area (TPSA) is 35.5 Å². The summed E-state index contributed by atoms with van der Waals surface area (Å²) in [5.74, 6) is 1.08. The number of nitrogens with one attached hydrogen (secondary N) is 1. The molecule has 16 heavy (non-hydrogen) atoms. The fraction of sp³-hybridized carbons (Fsp3) is 0.538. The molecule has 0 spiro atoms. The Bertz CT molecular complexity index is 340. The van der Waals surface area contributed by atoms with Crippen LogP contribution in [-0.4, -0.2) is 36.2 Å². The Kier molecular flexibility index (Phi) is 3.80. The molecule has 2 rings (SSSR count). The van der Waals surface area contributed by atoms with E-state index >= 15 is 0 Å². The normalized spacial score (nSPS) is 22.9. The van der Waals surface area contributed by atoms with Gasteiger partial charge in [-0.3, -0.25) is 4.90 Å². The van der Waals surface area contributed by atoms with Crippen molar-refractivity contribution in [3.63, 3.8) is 0 Å². The van der Waals surface area contributed by atoms with Gasteiger partial charge in [0.25, 0.3) is 0 Å². The summed E-state index contributed by atoms with van der Waals surface area (Å²) in [6, 6.07) is 7.60. The number of aromatic hydroxyl groups is 1. The van der Waals surface area contributed by atoms with Gasteiger partial charge in [0.1, 0.15) is 5.75 Å². The Hall–Kier alpha value is -1.06. The molecule has 1 heterocycles. The zero-order valence-electron chi connectivity index (χ0n) is 9.82.